The van der Waals surface area contributed by atoms with Crippen molar-refractivity contribution in [2.24, 2.45) is 0 Å². The molecule has 0 unspecified atom stereocenters. The summed E-state index contributed by atoms with van der Waals surface area (Å²) in [5, 5.41) is 0.282. The molecule has 0 aromatic heterocycles. The summed E-state index contributed by atoms with van der Waals surface area (Å²) in [5.74, 6) is -1.11. The molecule has 0 atom stereocenters. The monoisotopic (exact) mass is 320 g/mol. The summed E-state index contributed by atoms with van der Waals surface area (Å²) in [6.45, 7) is 0.898. The first-order valence-corrected chi connectivity index (χ1v) is 8.21. The summed E-state index contributed by atoms with van der Waals surface area (Å²) in [6.07, 6.45) is 1.13. The van der Waals surface area contributed by atoms with Gasteiger partial charge in [-0.1, -0.05) is 11.6 Å². The van der Waals surface area contributed by atoms with Crippen molar-refractivity contribution in [1.82, 2.24) is 9.21 Å². The average Bonchev–Trinajstić information content (AvgIpc) is 2.40. The number of hydrogen-bond donors (Lipinski definition) is 0. The van der Waals surface area contributed by atoms with E-state index in [0.29, 0.717) is 0 Å². The van der Waals surface area contributed by atoms with Gasteiger partial charge in [0, 0.05) is 31.2 Å². The van der Waals surface area contributed by atoms with Crippen molar-refractivity contribution in [2.45, 2.75) is 0 Å². The third-order valence-corrected chi connectivity index (χ3v) is 4.69. The van der Waals surface area contributed by atoms with Gasteiger partial charge in [-0.3, -0.25) is 4.79 Å². The summed E-state index contributed by atoms with van der Waals surface area (Å²) in [5.41, 5.74) is -0.0923. The molecule has 1 fully saturated rings. The van der Waals surface area contributed by atoms with Gasteiger partial charge in [-0.2, -0.15) is 4.31 Å². The highest BCUT2D eigenvalue weighted by atomic mass is 35.5. The fraction of sp³-hybridized carbons (Fsp3) is 0.417. The van der Waals surface area contributed by atoms with E-state index in [0.717, 1.165) is 12.3 Å². The van der Waals surface area contributed by atoms with Crippen LogP contribution in [-0.2, 0) is 10.0 Å². The summed E-state index contributed by atoms with van der Waals surface area (Å²) >= 11 is 5.76. The van der Waals surface area contributed by atoms with Gasteiger partial charge >= 0.3 is 0 Å². The van der Waals surface area contributed by atoms with Crippen LogP contribution >= 0.6 is 11.6 Å². The first-order valence-electron chi connectivity index (χ1n) is 5.98. The molecule has 1 saturated heterocycles. The molecule has 1 heterocycles. The predicted molar refractivity (Wildman–Crippen MR) is 73.7 cm³/mol. The maximum absolute atomic E-state index is 13.6. The molecule has 20 heavy (non-hydrogen) atoms. The van der Waals surface area contributed by atoms with Gasteiger partial charge in [-0.05, 0) is 18.2 Å². The molecule has 1 aliphatic rings. The fourth-order valence-electron chi connectivity index (χ4n) is 2.05. The number of rotatable bonds is 2. The largest absolute Gasteiger partial charge is 0.336 e. The molecule has 2 rings (SSSR count). The van der Waals surface area contributed by atoms with Crippen LogP contribution in [0.1, 0.15) is 10.4 Å². The van der Waals surface area contributed by atoms with Crippen molar-refractivity contribution in [3.8, 4) is 0 Å². The molecule has 0 saturated carbocycles. The predicted octanol–water partition coefficient (Wildman–Crippen LogP) is 1.20. The van der Waals surface area contributed by atoms with Crippen molar-refractivity contribution in [2.75, 3.05) is 32.4 Å². The maximum Gasteiger partial charge on any atom is 0.256 e. The standard InChI is InChI=1S/C12H14ClFN2O3S/c1-20(18,19)16-6-4-15(5-7-16)12(17)10-8-9(13)2-3-11(10)14/h2-3,8H,4-7H2,1H3. The highest BCUT2D eigenvalue weighted by Crippen LogP contribution is 2.18. The van der Waals surface area contributed by atoms with E-state index >= 15 is 0 Å². The van der Waals surface area contributed by atoms with E-state index in [1.54, 1.807) is 0 Å². The van der Waals surface area contributed by atoms with E-state index in [9.17, 15) is 17.6 Å². The van der Waals surface area contributed by atoms with E-state index < -0.39 is 21.7 Å². The van der Waals surface area contributed by atoms with Crippen LogP contribution in [-0.4, -0.2) is 56.0 Å². The Balaban J connectivity index is 2.11. The molecule has 5 nitrogen and oxygen atoms in total. The molecule has 1 aliphatic heterocycles. The minimum absolute atomic E-state index is 0.0923. The van der Waals surface area contributed by atoms with E-state index in [4.69, 9.17) is 11.6 Å². The second-order valence-corrected chi connectivity index (χ2v) is 7.00. The van der Waals surface area contributed by atoms with E-state index in [-0.39, 0.29) is 36.8 Å². The normalized spacial score (nSPS) is 17.2. The highest BCUT2D eigenvalue weighted by molar-refractivity contribution is 7.88. The zero-order valence-electron chi connectivity index (χ0n) is 10.8. The molecule has 0 N–H and O–H groups in total. The zero-order chi connectivity index (χ0) is 14.9. The van der Waals surface area contributed by atoms with Gasteiger partial charge in [-0.25, -0.2) is 12.8 Å². The Hall–Kier alpha value is -1.18. The van der Waals surface area contributed by atoms with Gasteiger partial charge in [0.1, 0.15) is 5.82 Å². The van der Waals surface area contributed by atoms with Gasteiger partial charge in [0.2, 0.25) is 10.0 Å². The molecule has 8 heteroatoms. The Bertz CT molecular complexity index is 628. The molecule has 1 aromatic rings. The smallest absolute Gasteiger partial charge is 0.256 e. The van der Waals surface area contributed by atoms with Gasteiger partial charge in [0.25, 0.3) is 5.91 Å². The molecule has 0 spiro atoms. The number of amides is 1. The van der Waals surface area contributed by atoms with Gasteiger partial charge in [0.05, 0.1) is 11.8 Å². The van der Waals surface area contributed by atoms with Crippen molar-refractivity contribution in [1.29, 1.82) is 0 Å². The molecule has 1 amide bonds. The average molecular weight is 321 g/mol. The lowest BCUT2D eigenvalue weighted by Crippen LogP contribution is -2.50. The Morgan fingerprint density at radius 3 is 2.40 bits per heavy atom. The van der Waals surface area contributed by atoms with E-state index in [1.165, 1.54) is 21.3 Å². The quantitative estimate of drug-likeness (QED) is 0.822. The van der Waals surface area contributed by atoms with Crippen molar-refractivity contribution in [3.05, 3.63) is 34.6 Å². The second kappa shape index (κ2) is 5.67. The van der Waals surface area contributed by atoms with Crippen LogP contribution in [0.25, 0.3) is 0 Å². The van der Waals surface area contributed by atoms with Crippen LogP contribution in [0.5, 0.6) is 0 Å². The molecular weight excluding hydrogens is 307 g/mol. The lowest BCUT2D eigenvalue weighted by molar-refractivity contribution is 0.0693. The number of carbonyl (C=O) groups is 1. The highest BCUT2D eigenvalue weighted by Gasteiger charge is 2.27. The molecular formula is C12H14ClFN2O3S. The van der Waals surface area contributed by atoms with Crippen LogP contribution in [0.4, 0.5) is 4.39 Å². The number of sulfonamides is 1. The number of nitrogens with zero attached hydrogens (tertiary/aromatic N) is 2. The Kier molecular flexibility index (Phi) is 4.31. The third kappa shape index (κ3) is 3.28. The van der Waals surface area contributed by atoms with Crippen LogP contribution in [0.15, 0.2) is 18.2 Å². The third-order valence-electron chi connectivity index (χ3n) is 3.15. The van der Waals surface area contributed by atoms with Crippen LogP contribution in [0.2, 0.25) is 5.02 Å². The number of hydrogen-bond acceptors (Lipinski definition) is 3. The topological polar surface area (TPSA) is 57.7 Å². The Labute approximate surface area is 122 Å². The van der Waals surface area contributed by atoms with Gasteiger partial charge in [0.15, 0.2) is 0 Å². The van der Waals surface area contributed by atoms with Gasteiger partial charge < -0.3 is 4.90 Å². The minimum atomic E-state index is -3.25. The molecule has 1 aromatic carbocycles. The van der Waals surface area contributed by atoms with Crippen LogP contribution in [0, 0.1) is 5.82 Å². The number of halogens is 2. The summed E-state index contributed by atoms with van der Waals surface area (Å²) < 4.78 is 37.7. The van der Waals surface area contributed by atoms with Crippen molar-refractivity contribution < 1.29 is 17.6 Å². The lowest BCUT2D eigenvalue weighted by Gasteiger charge is -2.33. The SMILES string of the molecule is CS(=O)(=O)N1CCN(C(=O)c2cc(Cl)ccc2F)CC1. The molecule has 0 aliphatic carbocycles. The zero-order valence-corrected chi connectivity index (χ0v) is 12.4. The lowest BCUT2D eigenvalue weighted by atomic mass is 10.1. The van der Waals surface area contributed by atoms with Crippen molar-refractivity contribution >= 4 is 27.5 Å². The Morgan fingerprint density at radius 1 is 1.25 bits per heavy atom. The van der Waals surface area contributed by atoms with Crippen LogP contribution in [0.3, 0.4) is 0 Å². The molecule has 0 radical (unpaired) electrons. The summed E-state index contributed by atoms with van der Waals surface area (Å²) in [6, 6.07) is 3.79. The first kappa shape index (κ1) is 15.2. The second-order valence-electron chi connectivity index (χ2n) is 4.58. The van der Waals surface area contributed by atoms with Crippen LogP contribution < -0.4 is 0 Å². The fourth-order valence-corrected chi connectivity index (χ4v) is 3.05. The Morgan fingerprint density at radius 2 is 1.85 bits per heavy atom. The number of piperazine rings is 1. The van der Waals surface area contributed by atoms with Crippen molar-refractivity contribution in [3.63, 3.8) is 0 Å². The summed E-state index contributed by atoms with van der Waals surface area (Å²) in [4.78, 5) is 13.6. The maximum atomic E-state index is 13.6. The first-order chi connectivity index (χ1) is 9.29. The van der Waals surface area contributed by atoms with E-state index in [1.807, 2.05) is 0 Å². The minimum Gasteiger partial charge on any atom is -0.336 e. The summed E-state index contributed by atoms with van der Waals surface area (Å²) in [7, 11) is -3.25. The molecule has 110 valence electrons. The van der Waals surface area contributed by atoms with Gasteiger partial charge in [-0.15, -0.1) is 0 Å². The molecule has 0 bridgehead atoms. The van der Waals surface area contributed by atoms with E-state index in [2.05, 4.69) is 0 Å². The number of carbonyl (C=O) groups excluding carboxylic acids is 1. The number of benzene rings is 1.